The largest absolute Gasteiger partial charge is 0.478 e. The van der Waals surface area contributed by atoms with Crippen LogP contribution in [0.15, 0.2) is 71.2 Å². The molecule has 0 aliphatic carbocycles. The minimum absolute atomic E-state index is 0.000979. The fraction of sp³-hybridized carbons (Fsp3) is 0.286. The van der Waals surface area contributed by atoms with Crippen molar-refractivity contribution in [2.75, 3.05) is 57.2 Å². The topological polar surface area (TPSA) is 149 Å². The molecule has 4 rings (SSSR count). The number of carboxylic acids is 1. The summed E-state index contributed by atoms with van der Waals surface area (Å²) in [6.07, 6.45) is 0. The molecule has 2 aromatic rings. The van der Waals surface area contributed by atoms with Gasteiger partial charge < -0.3 is 30.1 Å². The van der Waals surface area contributed by atoms with Gasteiger partial charge in [-0.05, 0) is 30.8 Å². The zero-order chi connectivity index (χ0) is 28.3. The molecular formula is C28H29N5O6. The van der Waals surface area contributed by atoms with E-state index in [-0.39, 0.29) is 33.9 Å². The van der Waals surface area contributed by atoms with Crippen LogP contribution in [-0.4, -0.2) is 75.4 Å². The van der Waals surface area contributed by atoms with Gasteiger partial charge in [-0.3, -0.25) is 4.90 Å². The van der Waals surface area contributed by atoms with Gasteiger partial charge in [0.1, 0.15) is 11.5 Å². The molecule has 1 atom stereocenters. The number of methoxy groups -OCH3 is 2. The SMILES string of the molecule is COC(=O)C1=C(C(=O)OC)N(c2ccc(N3CCN(C)CC3)cc2C(=O)O)C(N)=C(C#N)C1c1ccccc1. The molecule has 39 heavy (non-hydrogen) atoms. The first-order valence-electron chi connectivity index (χ1n) is 12.2. The molecule has 2 aliphatic heterocycles. The van der Waals surface area contributed by atoms with E-state index in [4.69, 9.17) is 15.2 Å². The molecule has 11 heteroatoms. The third kappa shape index (κ3) is 5.02. The number of aromatic carboxylic acids is 1. The lowest BCUT2D eigenvalue weighted by Gasteiger charge is -2.37. The number of nitriles is 1. The number of piperazine rings is 1. The number of rotatable bonds is 6. The summed E-state index contributed by atoms with van der Waals surface area (Å²) in [5.74, 6) is -4.36. The van der Waals surface area contributed by atoms with Gasteiger partial charge in [0.15, 0.2) is 0 Å². The van der Waals surface area contributed by atoms with E-state index < -0.39 is 23.8 Å². The Kier molecular flexibility index (Phi) is 7.88. The monoisotopic (exact) mass is 531 g/mol. The van der Waals surface area contributed by atoms with E-state index in [0.717, 1.165) is 32.2 Å². The van der Waals surface area contributed by atoms with Gasteiger partial charge in [-0.25, -0.2) is 14.4 Å². The molecule has 0 bridgehead atoms. The Morgan fingerprint density at radius 3 is 2.21 bits per heavy atom. The minimum Gasteiger partial charge on any atom is -0.478 e. The van der Waals surface area contributed by atoms with Crippen LogP contribution in [0.5, 0.6) is 0 Å². The second-order valence-electron chi connectivity index (χ2n) is 9.13. The molecule has 2 heterocycles. The summed E-state index contributed by atoms with van der Waals surface area (Å²) in [5, 5.41) is 20.4. The van der Waals surface area contributed by atoms with E-state index in [1.54, 1.807) is 36.4 Å². The number of carbonyl (C=O) groups is 3. The van der Waals surface area contributed by atoms with Crippen LogP contribution in [0.25, 0.3) is 0 Å². The maximum atomic E-state index is 13.3. The number of esters is 2. The number of anilines is 2. The van der Waals surface area contributed by atoms with Crippen LogP contribution in [0.3, 0.4) is 0 Å². The molecule has 0 radical (unpaired) electrons. The van der Waals surface area contributed by atoms with Gasteiger partial charge in [0.25, 0.3) is 0 Å². The number of nitrogens with two attached hydrogens (primary N) is 1. The smallest absolute Gasteiger partial charge is 0.355 e. The van der Waals surface area contributed by atoms with Crippen molar-refractivity contribution in [1.29, 1.82) is 5.26 Å². The van der Waals surface area contributed by atoms with Crippen molar-refractivity contribution in [3.05, 3.63) is 82.3 Å². The molecule has 2 aromatic carbocycles. The Bertz CT molecular complexity index is 1400. The molecule has 0 saturated carbocycles. The first kappa shape index (κ1) is 27.2. The maximum Gasteiger partial charge on any atom is 0.355 e. The van der Waals surface area contributed by atoms with Crippen molar-refractivity contribution in [3.8, 4) is 6.07 Å². The maximum absolute atomic E-state index is 13.3. The zero-order valence-corrected chi connectivity index (χ0v) is 21.9. The third-order valence-electron chi connectivity index (χ3n) is 6.93. The molecule has 3 N–H and O–H groups in total. The number of allylic oxidation sites excluding steroid dienone is 1. The predicted octanol–water partition coefficient (Wildman–Crippen LogP) is 2.03. The summed E-state index contributed by atoms with van der Waals surface area (Å²) in [6.45, 7) is 3.04. The summed E-state index contributed by atoms with van der Waals surface area (Å²) < 4.78 is 10.1. The van der Waals surface area contributed by atoms with Gasteiger partial charge in [0.2, 0.25) is 0 Å². The standard InChI is InChI=1S/C28H29N5O6/c1-31-11-13-32(14-12-31)18-9-10-21(19(15-18)26(34)35)33-24(28(37)39-3)23(27(36)38-2)22(20(16-29)25(33)30)17-7-5-4-6-8-17/h4-10,15,22H,11-14,30H2,1-3H3,(H,34,35). The summed E-state index contributed by atoms with van der Waals surface area (Å²) in [7, 11) is 4.30. The van der Waals surface area contributed by atoms with Crippen LogP contribution >= 0.6 is 0 Å². The van der Waals surface area contributed by atoms with Crippen LogP contribution in [0.1, 0.15) is 21.8 Å². The first-order chi connectivity index (χ1) is 18.7. The summed E-state index contributed by atoms with van der Waals surface area (Å²) in [4.78, 5) is 44.4. The van der Waals surface area contributed by atoms with Crippen molar-refractivity contribution in [1.82, 2.24) is 4.90 Å². The van der Waals surface area contributed by atoms with Gasteiger partial charge in [-0.1, -0.05) is 30.3 Å². The van der Waals surface area contributed by atoms with Gasteiger partial charge in [0, 0.05) is 31.9 Å². The molecule has 1 saturated heterocycles. The quantitative estimate of drug-likeness (QED) is 0.527. The Morgan fingerprint density at radius 1 is 1.00 bits per heavy atom. The van der Waals surface area contributed by atoms with Crippen LogP contribution in [0.2, 0.25) is 0 Å². The van der Waals surface area contributed by atoms with Crippen LogP contribution in [-0.2, 0) is 19.1 Å². The lowest BCUT2D eigenvalue weighted by molar-refractivity contribution is -0.139. The highest BCUT2D eigenvalue weighted by Gasteiger charge is 2.43. The van der Waals surface area contributed by atoms with Crippen molar-refractivity contribution in [3.63, 3.8) is 0 Å². The molecular weight excluding hydrogens is 502 g/mol. The fourth-order valence-electron chi connectivity index (χ4n) is 4.92. The van der Waals surface area contributed by atoms with Crippen molar-refractivity contribution < 1.29 is 29.0 Å². The number of benzene rings is 2. The molecule has 202 valence electrons. The van der Waals surface area contributed by atoms with E-state index in [9.17, 15) is 24.8 Å². The molecule has 0 aromatic heterocycles. The zero-order valence-electron chi connectivity index (χ0n) is 21.9. The highest BCUT2D eigenvalue weighted by molar-refractivity contribution is 6.08. The van der Waals surface area contributed by atoms with E-state index in [1.165, 1.54) is 12.1 Å². The number of likely N-dealkylation sites (N-methyl/N-ethyl adjacent to an activating group) is 1. The van der Waals surface area contributed by atoms with E-state index in [0.29, 0.717) is 24.3 Å². The molecule has 2 aliphatic rings. The Labute approximate surface area is 225 Å². The molecule has 0 spiro atoms. The van der Waals surface area contributed by atoms with Crippen LogP contribution in [0.4, 0.5) is 11.4 Å². The van der Waals surface area contributed by atoms with E-state index >= 15 is 0 Å². The molecule has 0 amide bonds. The second kappa shape index (κ2) is 11.3. The summed E-state index contributed by atoms with van der Waals surface area (Å²) >= 11 is 0. The van der Waals surface area contributed by atoms with Gasteiger partial charge >= 0.3 is 17.9 Å². The molecule has 1 unspecified atom stereocenters. The van der Waals surface area contributed by atoms with Crippen LogP contribution in [0, 0.1) is 11.3 Å². The second-order valence-corrected chi connectivity index (χ2v) is 9.13. The fourth-order valence-corrected chi connectivity index (χ4v) is 4.92. The van der Waals surface area contributed by atoms with Gasteiger partial charge in [-0.2, -0.15) is 5.26 Å². The highest BCUT2D eigenvalue weighted by atomic mass is 16.5. The Balaban J connectivity index is 1.98. The average Bonchev–Trinajstić information content (AvgIpc) is 2.96. The number of ether oxygens (including phenoxy) is 2. The van der Waals surface area contributed by atoms with E-state index in [2.05, 4.69) is 15.9 Å². The molecule has 11 nitrogen and oxygen atoms in total. The number of nitrogens with zero attached hydrogens (tertiary/aromatic N) is 4. The van der Waals surface area contributed by atoms with E-state index in [1.807, 2.05) is 7.05 Å². The lowest BCUT2D eigenvalue weighted by Crippen LogP contribution is -2.44. The first-order valence-corrected chi connectivity index (χ1v) is 12.2. The normalized spacial score (nSPS) is 18.1. The van der Waals surface area contributed by atoms with Crippen molar-refractivity contribution in [2.45, 2.75) is 5.92 Å². The van der Waals surface area contributed by atoms with Gasteiger partial charge in [-0.15, -0.1) is 0 Å². The van der Waals surface area contributed by atoms with Crippen molar-refractivity contribution >= 4 is 29.3 Å². The molecule has 1 fully saturated rings. The summed E-state index contributed by atoms with van der Waals surface area (Å²) in [6, 6.07) is 15.4. The summed E-state index contributed by atoms with van der Waals surface area (Å²) in [5.41, 5.74) is 6.98. The lowest BCUT2D eigenvalue weighted by atomic mass is 9.80. The van der Waals surface area contributed by atoms with Gasteiger partial charge in [0.05, 0.1) is 48.6 Å². The minimum atomic E-state index is -1.28. The number of hydrogen-bond donors (Lipinski definition) is 2. The predicted molar refractivity (Wildman–Crippen MR) is 143 cm³/mol. The Hall–Kier alpha value is -4.82. The highest BCUT2D eigenvalue weighted by Crippen LogP contribution is 2.44. The van der Waals surface area contributed by atoms with Crippen molar-refractivity contribution in [2.24, 2.45) is 5.73 Å². The van der Waals surface area contributed by atoms with Crippen LogP contribution < -0.4 is 15.5 Å². The third-order valence-corrected chi connectivity index (χ3v) is 6.93. The average molecular weight is 532 g/mol. The Morgan fingerprint density at radius 2 is 1.64 bits per heavy atom. The number of carbonyl (C=O) groups excluding carboxylic acids is 2. The number of hydrogen-bond acceptors (Lipinski definition) is 10. The number of carboxylic acid groups (broad SMARTS) is 1.